The van der Waals surface area contributed by atoms with E-state index >= 15 is 0 Å². The fourth-order valence-corrected chi connectivity index (χ4v) is 3.39. The molecule has 0 radical (unpaired) electrons. The number of hydrogen-bond donors (Lipinski definition) is 1. The van der Waals surface area contributed by atoms with Crippen molar-refractivity contribution in [1.29, 1.82) is 0 Å². The van der Waals surface area contributed by atoms with Crippen molar-refractivity contribution in [3.63, 3.8) is 0 Å². The second-order valence-electron chi connectivity index (χ2n) is 7.00. The van der Waals surface area contributed by atoms with Gasteiger partial charge in [-0.15, -0.1) is 0 Å². The van der Waals surface area contributed by atoms with Crippen LogP contribution in [0.4, 0.5) is 5.69 Å². The van der Waals surface area contributed by atoms with Gasteiger partial charge in [0.25, 0.3) is 0 Å². The van der Waals surface area contributed by atoms with E-state index in [1.807, 2.05) is 0 Å². The molecule has 0 unspecified atom stereocenters. The predicted octanol–water partition coefficient (Wildman–Crippen LogP) is 6.13. The molecule has 170 valence electrons. The minimum absolute atomic E-state index is 0.0156. The summed E-state index contributed by atoms with van der Waals surface area (Å²) in [7, 11) is 1.37. The Morgan fingerprint density at radius 3 is 2.24 bits per heavy atom. The van der Waals surface area contributed by atoms with E-state index < -0.39 is 17.9 Å². The molecule has 0 fully saturated rings. The smallest absolute Gasteiger partial charge is 0.343 e. The fraction of sp³-hybridized carbons (Fsp3) is 0.160. The van der Waals surface area contributed by atoms with Gasteiger partial charge in [0.2, 0.25) is 11.7 Å². The molecule has 0 bridgehead atoms. The van der Waals surface area contributed by atoms with E-state index in [-0.39, 0.29) is 28.7 Å². The Kier molecular flexibility index (Phi) is 8.09. The number of carbonyl (C=O) groups excluding carboxylic acids is 3. The maximum atomic E-state index is 13.2. The average molecular weight is 486 g/mol. The minimum atomic E-state index is -1.21. The van der Waals surface area contributed by atoms with Crippen LogP contribution >= 0.6 is 23.2 Å². The van der Waals surface area contributed by atoms with E-state index in [9.17, 15) is 14.4 Å². The molecule has 0 aliphatic rings. The number of nitrogens with one attached hydrogen (secondary N) is 1. The van der Waals surface area contributed by atoms with Crippen molar-refractivity contribution in [2.75, 3.05) is 12.4 Å². The van der Waals surface area contributed by atoms with Crippen molar-refractivity contribution in [1.82, 2.24) is 0 Å². The number of rotatable bonds is 8. The Morgan fingerprint density at radius 2 is 1.64 bits per heavy atom. The zero-order chi connectivity index (χ0) is 24.0. The van der Waals surface area contributed by atoms with Crippen LogP contribution in [0.1, 0.15) is 45.7 Å². The van der Waals surface area contributed by atoms with E-state index in [1.165, 1.54) is 19.2 Å². The van der Waals surface area contributed by atoms with Gasteiger partial charge >= 0.3 is 5.97 Å². The first kappa shape index (κ1) is 24.3. The molecule has 8 heteroatoms. The summed E-state index contributed by atoms with van der Waals surface area (Å²) < 4.78 is 11.0. The van der Waals surface area contributed by atoms with Gasteiger partial charge in [0, 0.05) is 28.6 Å². The number of esters is 1. The van der Waals surface area contributed by atoms with E-state index in [0.29, 0.717) is 21.8 Å². The predicted molar refractivity (Wildman–Crippen MR) is 127 cm³/mol. The third-order valence-corrected chi connectivity index (χ3v) is 5.36. The highest BCUT2D eigenvalue weighted by atomic mass is 35.5. The quantitative estimate of drug-likeness (QED) is 0.306. The average Bonchev–Trinajstić information content (AvgIpc) is 2.83. The third kappa shape index (κ3) is 5.92. The first-order valence-electron chi connectivity index (χ1n) is 10.1. The van der Waals surface area contributed by atoms with Crippen LogP contribution in [0.25, 0.3) is 0 Å². The van der Waals surface area contributed by atoms with Crippen LogP contribution in [0.2, 0.25) is 10.0 Å². The molecule has 1 amide bonds. The van der Waals surface area contributed by atoms with Gasteiger partial charge in [0.1, 0.15) is 11.3 Å². The monoisotopic (exact) mass is 485 g/mol. The highest BCUT2D eigenvalue weighted by Gasteiger charge is 2.28. The number of hydrogen-bond acceptors (Lipinski definition) is 5. The normalized spacial score (nSPS) is 11.4. The molecule has 0 saturated heterocycles. The number of ketones is 1. The van der Waals surface area contributed by atoms with Crippen LogP contribution in [0, 0.1) is 0 Å². The van der Waals surface area contributed by atoms with Gasteiger partial charge in [-0.2, -0.15) is 0 Å². The number of halogens is 2. The molecule has 3 aromatic rings. The van der Waals surface area contributed by atoms with Crippen LogP contribution in [-0.2, 0) is 9.53 Å². The van der Waals surface area contributed by atoms with Crippen LogP contribution in [-0.4, -0.2) is 24.8 Å². The summed E-state index contributed by atoms with van der Waals surface area (Å²) in [5, 5.41) is 3.25. The summed E-state index contributed by atoms with van der Waals surface area (Å²) in [5.74, 6) is -1.32. The molecule has 1 atom stereocenters. The van der Waals surface area contributed by atoms with Gasteiger partial charge in [-0.1, -0.05) is 60.5 Å². The highest BCUT2D eigenvalue weighted by Crippen LogP contribution is 2.33. The van der Waals surface area contributed by atoms with Crippen LogP contribution in [0.3, 0.4) is 0 Å². The molecule has 0 aromatic heterocycles. The number of benzene rings is 3. The molecule has 1 N–H and O–H groups in total. The second-order valence-corrected chi connectivity index (χ2v) is 7.84. The molecule has 6 nitrogen and oxygen atoms in total. The van der Waals surface area contributed by atoms with Gasteiger partial charge in [-0.05, 0) is 30.3 Å². The molecule has 0 aliphatic carbocycles. The van der Waals surface area contributed by atoms with Crippen LogP contribution in [0.5, 0.6) is 5.75 Å². The number of ether oxygens (including phenoxy) is 2. The zero-order valence-electron chi connectivity index (χ0n) is 17.9. The fourth-order valence-electron chi connectivity index (χ4n) is 3.05. The number of Topliss-reactive ketones (excluding diaryl/α,β-unsaturated/α-hetero) is 1. The lowest BCUT2D eigenvalue weighted by Gasteiger charge is -2.19. The molecule has 3 aromatic carbocycles. The molecular formula is C25H21Cl2NO5. The van der Waals surface area contributed by atoms with E-state index in [2.05, 4.69) is 5.32 Å². The van der Waals surface area contributed by atoms with Gasteiger partial charge in [0.15, 0.2) is 6.10 Å². The second kappa shape index (κ2) is 11.0. The number of anilines is 1. The molecular weight excluding hydrogens is 465 g/mol. The SMILES string of the molecule is CCC(=O)Nc1cc(OC)c(C(=O)O[C@@H](C(=O)c2ccc(Cl)cc2)c2ccccc2)cc1Cl. The Hall–Kier alpha value is -3.35. The lowest BCUT2D eigenvalue weighted by Crippen LogP contribution is -2.21. The Balaban J connectivity index is 1.95. The van der Waals surface area contributed by atoms with Gasteiger partial charge < -0.3 is 14.8 Å². The van der Waals surface area contributed by atoms with Crippen LogP contribution < -0.4 is 10.1 Å². The first-order valence-corrected chi connectivity index (χ1v) is 10.8. The van der Waals surface area contributed by atoms with E-state index in [1.54, 1.807) is 61.5 Å². The Bertz CT molecular complexity index is 1160. The lowest BCUT2D eigenvalue weighted by molar-refractivity contribution is -0.115. The van der Waals surface area contributed by atoms with Crippen molar-refractivity contribution in [2.45, 2.75) is 19.4 Å². The lowest BCUT2D eigenvalue weighted by atomic mass is 9.99. The number of carbonyl (C=O) groups is 3. The number of methoxy groups -OCH3 is 1. The largest absolute Gasteiger partial charge is 0.496 e. The van der Waals surface area contributed by atoms with Gasteiger partial charge in [-0.25, -0.2) is 4.79 Å². The molecule has 3 rings (SSSR count). The Labute approximate surface area is 201 Å². The van der Waals surface area contributed by atoms with E-state index in [0.717, 1.165) is 0 Å². The number of amides is 1. The highest BCUT2D eigenvalue weighted by molar-refractivity contribution is 6.34. The molecule has 0 aliphatic heterocycles. The summed E-state index contributed by atoms with van der Waals surface area (Å²) in [5.41, 5.74) is 1.15. The maximum absolute atomic E-state index is 13.2. The van der Waals surface area contributed by atoms with Crippen molar-refractivity contribution in [3.8, 4) is 5.75 Å². The first-order chi connectivity index (χ1) is 15.8. The molecule has 0 heterocycles. The summed E-state index contributed by atoms with van der Waals surface area (Å²) in [6.07, 6.45) is -0.948. The van der Waals surface area contributed by atoms with Crippen molar-refractivity contribution >= 4 is 46.5 Å². The minimum Gasteiger partial charge on any atom is -0.496 e. The standard InChI is InChI=1S/C25H21Cl2NO5/c1-3-22(29)28-20-14-21(32-2)18(13-19(20)27)25(31)33-24(16-7-5-4-6-8-16)23(30)15-9-11-17(26)12-10-15/h4-14,24H,3H2,1-2H3,(H,28,29)/t24-/m1/s1. The molecule has 0 spiro atoms. The topological polar surface area (TPSA) is 81.7 Å². The van der Waals surface area contributed by atoms with Gasteiger partial charge in [-0.3, -0.25) is 9.59 Å². The Morgan fingerprint density at radius 1 is 0.970 bits per heavy atom. The summed E-state index contributed by atoms with van der Waals surface area (Å²) in [6, 6.07) is 17.7. The van der Waals surface area contributed by atoms with E-state index in [4.69, 9.17) is 32.7 Å². The van der Waals surface area contributed by atoms with Crippen molar-refractivity contribution < 1.29 is 23.9 Å². The zero-order valence-corrected chi connectivity index (χ0v) is 19.4. The molecule has 33 heavy (non-hydrogen) atoms. The summed E-state index contributed by atoms with van der Waals surface area (Å²) in [4.78, 5) is 38.1. The van der Waals surface area contributed by atoms with Crippen molar-refractivity contribution in [2.24, 2.45) is 0 Å². The van der Waals surface area contributed by atoms with Crippen molar-refractivity contribution in [3.05, 3.63) is 93.5 Å². The third-order valence-electron chi connectivity index (χ3n) is 4.80. The van der Waals surface area contributed by atoms with Crippen LogP contribution in [0.15, 0.2) is 66.7 Å². The molecule has 0 saturated carbocycles. The van der Waals surface area contributed by atoms with Gasteiger partial charge in [0.05, 0.1) is 17.8 Å². The maximum Gasteiger partial charge on any atom is 0.343 e. The summed E-state index contributed by atoms with van der Waals surface area (Å²) >= 11 is 12.2. The summed E-state index contributed by atoms with van der Waals surface area (Å²) in [6.45, 7) is 1.70.